The quantitative estimate of drug-likeness (QED) is 0.752. The number of ether oxygens (including phenoxy) is 3. The molecule has 1 N–H and O–H groups in total. The second-order valence-electron chi connectivity index (χ2n) is 5.58. The highest BCUT2D eigenvalue weighted by Gasteiger charge is 2.22. The van der Waals surface area contributed by atoms with Crippen LogP contribution in [0.5, 0.6) is 17.2 Å². The molecule has 4 nitrogen and oxygen atoms in total. The standard InChI is InChI=1S/C17H29NO3/c1-7-8-18-14(9-12(2)3)17-15(20-5)10-13(19-4)11-16(17)21-6/h10-12,14,18H,7-9H2,1-6H3. The minimum Gasteiger partial charge on any atom is -0.496 e. The highest BCUT2D eigenvalue weighted by molar-refractivity contribution is 5.52. The van der Waals surface area contributed by atoms with Crippen LogP contribution in [0.4, 0.5) is 0 Å². The lowest BCUT2D eigenvalue weighted by Crippen LogP contribution is -2.24. The molecule has 1 aromatic rings. The average Bonchev–Trinajstić information content (AvgIpc) is 2.49. The summed E-state index contributed by atoms with van der Waals surface area (Å²) in [6.07, 6.45) is 2.12. The van der Waals surface area contributed by atoms with Crippen molar-refractivity contribution < 1.29 is 14.2 Å². The van der Waals surface area contributed by atoms with Crippen molar-refractivity contribution in [2.75, 3.05) is 27.9 Å². The Balaban J connectivity index is 3.25. The third-order valence-corrected chi connectivity index (χ3v) is 3.45. The van der Waals surface area contributed by atoms with Gasteiger partial charge in [-0.2, -0.15) is 0 Å². The van der Waals surface area contributed by atoms with Crippen LogP contribution in [-0.2, 0) is 0 Å². The summed E-state index contributed by atoms with van der Waals surface area (Å²) in [5.74, 6) is 2.93. The predicted octanol–water partition coefficient (Wildman–Crippen LogP) is 3.80. The molecule has 120 valence electrons. The Morgan fingerprint density at radius 1 is 1.00 bits per heavy atom. The summed E-state index contributed by atoms with van der Waals surface area (Å²) >= 11 is 0. The van der Waals surface area contributed by atoms with Gasteiger partial charge in [0.1, 0.15) is 17.2 Å². The average molecular weight is 295 g/mol. The van der Waals surface area contributed by atoms with E-state index in [2.05, 4.69) is 26.1 Å². The maximum Gasteiger partial charge on any atom is 0.131 e. The summed E-state index contributed by atoms with van der Waals surface area (Å²) in [6, 6.07) is 4.04. The zero-order chi connectivity index (χ0) is 15.8. The predicted molar refractivity (Wildman–Crippen MR) is 86.6 cm³/mol. The topological polar surface area (TPSA) is 39.7 Å². The Labute approximate surface area is 128 Å². The SMILES string of the molecule is CCCNC(CC(C)C)c1c(OC)cc(OC)cc1OC. The lowest BCUT2D eigenvalue weighted by molar-refractivity contribution is 0.345. The maximum absolute atomic E-state index is 5.57. The van der Waals surface area contributed by atoms with E-state index in [0.29, 0.717) is 5.92 Å². The summed E-state index contributed by atoms with van der Waals surface area (Å²) in [5, 5.41) is 3.60. The van der Waals surface area contributed by atoms with Gasteiger partial charge in [-0.15, -0.1) is 0 Å². The number of hydrogen-bond acceptors (Lipinski definition) is 4. The van der Waals surface area contributed by atoms with Crippen molar-refractivity contribution in [2.45, 2.75) is 39.7 Å². The summed E-state index contributed by atoms with van der Waals surface area (Å²) < 4.78 is 16.5. The van der Waals surface area contributed by atoms with Gasteiger partial charge in [0.15, 0.2) is 0 Å². The van der Waals surface area contributed by atoms with Gasteiger partial charge >= 0.3 is 0 Å². The molecule has 0 aliphatic heterocycles. The van der Waals surface area contributed by atoms with E-state index in [1.807, 2.05) is 12.1 Å². The van der Waals surface area contributed by atoms with Gasteiger partial charge in [0.05, 0.1) is 26.9 Å². The first kappa shape index (κ1) is 17.6. The molecule has 0 bridgehead atoms. The highest BCUT2D eigenvalue weighted by atomic mass is 16.5. The molecule has 0 amide bonds. The molecule has 21 heavy (non-hydrogen) atoms. The van der Waals surface area contributed by atoms with E-state index in [9.17, 15) is 0 Å². The summed E-state index contributed by atoms with van der Waals surface area (Å²) in [7, 11) is 5.02. The lowest BCUT2D eigenvalue weighted by atomic mass is 9.95. The van der Waals surface area contributed by atoms with Crippen LogP contribution in [-0.4, -0.2) is 27.9 Å². The molecule has 0 heterocycles. The maximum atomic E-state index is 5.57. The molecule has 0 aromatic heterocycles. The van der Waals surface area contributed by atoms with E-state index >= 15 is 0 Å². The largest absolute Gasteiger partial charge is 0.496 e. The van der Waals surface area contributed by atoms with Gasteiger partial charge in [-0.05, 0) is 25.3 Å². The van der Waals surface area contributed by atoms with Gasteiger partial charge in [-0.25, -0.2) is 0 Å². The smallest absolute Gasteiger partial charge is 0.131 e. The zero-order valence-corrected chi connectivity index (χ0v) is 14.2. The third-order valence-electron chi connectivity index (χ3n) is 3.45. The van der Waals surface area contributed by atoms with Crippen molar-refractivity contribution in [3.63, 3.8) is 0 Å². The van der Waals surface area contributed by atoms with Crippen molar-refractivity contribution in [1.29, 1.82) is 0 Å². The van der Waals surface area contributed by atoms with Gasteiger partial charge in [-0.1, -0.05) is 20.8 Å². The molecule has 1 atom stereocenters. The molecule has 1 rings (SSSR count). The van der Waals surface area contributed by atoms with E-state index in [1.54, 1.807) is 21.3 Å². The molecule has 0 radical (unpaired) electrons. The fraction of sp³-hybridized carbons (Fsp3) is 0.647. The summed E-state index contributed by atoms with van der Waals surface area (Å²) in [6.45, 7) is 7.59. The van der Waals surface area contributed by atoms with Crippen LogP contribution in [0.1, 0.15) is 45.2 Å². The molecular weight excluding hydrogens is 266 g/mol. The Morgan fingerprint density at radius 3 is 1.95 bits per heavy atom. The number of rotatable bonds is 9. The van der Waals surface area contributed by atoms with E-state index < -0.39 is 0 Å². The monoisotopic (exact) mass is 295 g/mol. The van der Waals surface area contributed by atoms with Crippen molar-refractivity contribution in [2.24, 2.45) is 5.92 Å². The fourth-order valence-electron chi connectivity index (χ4n) is 2.47. The number of benzene rings is 1. The van der Waals surface area contributed by atoms with Crippen LogP contribution in [0.3, 0.4) is 0 Å². The number of nitrogens with one attached hydrogen (secondary N) is 1. The van der Waals surface area contributed by atoms with Gasteiger partial charge in [0.2, 0.25) is 0 Å². The fourth-order valence-corrected chi connectivity index (χ4v) is 2.47. The molecule has 1 aromatic carbocycles. The Hall–Kier alpha value is -1.42. The van der Waals surface area contributed by atoms with Crippen LogP contribution in [0.25, 0.3) is 0 Å². The van der Waals surface area contributed by atoms with Crippen molar-refractivity contribution in [3.8, 4) is 17.2 Å². The molecular formula is C17H29NO3. The molecule has 4 heteroatoms. The highest BCUT2D eigenvalue weighted by Crippen LogP contribution is 2.40. The Morgan fingerprint density at radius 2 is 1.57 bits per heavy atom. The van der Waals surface area contributed by atoms with Crippen LogP contribution >= 0.6 is 0 Å². The lowest BCUT2D eigenvalue weighted by Gasteiger charge is -2.25. The van der Waals surface area contributed by atoms with Crippen LogP contribution in [0.15, 0.2) is 12.1 Å². The van der Waals surface area contributed by atoms with E-state index in [4.69, 9.17) is 14.2 Å². The van der Waals surface area contributed by atoms with Gasteiger partial charge in [0.25, 0.3) is 0 Å². The van der Waals surface area contributed by atoms with E-state index in [1.165, 1.54) is 0 Å². The van der Waals surface area contributed by atoms with Gasteiger partial charge in [-0.3, -0.25) is 0 Å². The second kappa shape index (κ2) is 8.78. The van der Waals surface area contributed by atoms with E-state index in [-0.39, 0.29) is 6.04 Å². The summed E-state index contributed by atoms with van der Waals surface area (Å²) in [4.78, 5) is 0. The van der Waals surface area contributed by atoms with Crippen LogP contribution in [0.2, 0.25) is 0 Å². The number of hydrogen-bond donors (Lipinski definition) is 1. The minimum absolute atomic E-state index is 0.209. The zero-order valence-electron chi connectivity index (χ0n) is 14.2. The van der Waals surface area contributed by atoms with Gasteiger partial charge in [0, 0.05) is 18.2 Å². The molecule has 0 saturated heterocycles. The summed E-state index contributed by atoms with van der Waals surface area (Å²) in [5.41, 5.74) is 1.07. The molecule has 0 saturated carbocycles. The molecule has 0 aliphatic carbocycles. The van der Waals surface area contributed by atoms with Crippen molar-refractivity contribution >= 4 is 0 Å². The molecule has 0 aliphatic rings. The third kappa shape index (κ3) is 4.81. The van der Waals surface area contributed by atoms with E-state index in [0.717, 1.165) is 42.2 Å². The first-order valence-corrected chi connectivity index (χ1v) is 7.60. The minimum atomic E-state index is 0.209. The van der Waals surface area contributed by atoms with Crippen LogP contribution < -0.4 is 19.5 Å². The van der Waals surface area contributed by atoms with Crippen molar-refractivity contribution in [3.05, 3.63) is 17.7 Å². The van der Waals surface area contributed by atoms with Crippen molar-refractivity contribution in [1.82, 2.24) is 5.32 Å². The first-order valence-electron chi connectivity index (χ1n) is 7.60. The Kier molecular flexibility index (Phi) is 7.37. The van der Waals surface area contributed by atoms with Gasteiger partial charge < -0.3 is 19.5 Å². The first-order chi connectivity index (χ1) is 10.1. The molecule has 1 unspecified atom stereocenters. The normalized spacial score (nSPS) is 12.3. The second-order valence-corrected chi connectivity index (χ2v) is 5.58. The molecule has 0 spiro atoms. The van der Waals surface area contributed by atoms with Crippen LogP contribution in [0, 0.1) is 5.92 Å². The molecule has 0 fully saturated rings. The number of methoxy groups -OCH3 is 3. The Bertz CT molecular complexity index is 407.